The summed E-state index contributed by atoms with van der Waals surface area (Å²) in [4.78, 5) is 26.4. The molecule has 1 aromatic heterocycles. The second-order valence-corrected chi connectivity index (χ2v) is 8.98. The molecule has 3 aromatic carbocycles. The van der Waals surface area contributed by atoms with Gasteiger partial charge in [0, 0.05) is 28.9 Å². The van der Waals surface area contributed by atoms with E-state index in [0.29, 0.717) is 22.7 Å². The molecule has 37 heavy (non-hydrogen) atoms. The Morgan fingerprint density at radius 2 is 1.81 bits per heavy atom. The van der Waals surface area contributed by atoms with Crippen molar-refractivity contribution in [3.8, 4) is 11.5 Å². The molecule has 1 amide bonds. The molecule has 0 radical (unpaired) electrons. The van der Waals surface area contributed by atoms with Gasteiger partial charge in [0.25, 0.3) is 5.91 Å². The number of carboxylic acid groups (broad SMARTS) is 1. The van der Waals surface area contributed by atoms with E-state index in [1.54, 1.807) is 49.4 Å². The summed E-state index contributed by atoms with van der Waals surface area (Å²) in [5.41, 5.74) is 1.81. The highest BCUT2D eigenvalue weighted by Gasteiger charge is 2.31. The maximum Gasteiger partial charge on any atom is 0.416 e. The number of hydrogen-bond donors (Lipinski definition) is 3. The molecule has 0 aliphatic rings. The fourth-order valence-corrected chi connectivity index (χ4v) is 4.06. The summed E-state index contributed by atoms with van der Waals surface area (Å²) in [5, 5.41) is 12.7. The Kier molecular flexibility index (Phi) is 7.45. The minimum absolute atomic E-state index is 0.0317. The number of halogens is 4. The molecule has 0 spiro atoms. The summed E-state index contributed by atoms with van der Waals surface area (Å²) in [6.45, 7) is 1.61. The molecule has 0 aliphatic heterocycles. The second kappa shape index (κ2) is 10.6. The van der Waals surface area contributed by atoms with Crippen molar-refractivity contribution in [1.82, 2.24) is 10.3 Å². The number of carbonyl (C=O) groups is 2. The van der Waals surface area contributed by atoms with Crippen molar-refractivity contribution < 1.29 is 32.6 Å². The highest BCUT2D eigenvalue weighted by molar-refractivity contribution is 6.31. The zero-order valence-corrected chi connectivity index (χ0v) is 20.3. The van der Waals surface area contributed by atoms with Crippen LogP contribution in [0.15, 0.2) is 60.7 Å². The summed E-state index contributed by atoms with van der Waals surface area (Å²) in [5.74, 6) is -1.14. The van der Waals surface area contributed by atoms with Gasteiger partial charge in [0.05, 0.1) is 5.56 Å². The van der Waals surface area contributed by atoms with Gasteiger partial charge < -0.3 is 20.1 Å². The molecule has 6 nitrogen and oxygen atoms in total. The van der Waals surface area contributed by atoms with Gasteiger partial charge in [-0.15, -0.1) is 0 Å². The smallest absolute Gasteiger partial charge is 0.416 e. The lowest BCUT2D eigenvalue weighted by Crippen LogP contribution is -2.23. The summed E-state index contributed by atoms with van der Waals surface area (Å²) in [6, 6.07) is 14.9. The molecule has 10 heteroatoms. The first kappa shape index (κ1) is 26.1. The van der Waals surface area contributed by atoms with Gasteiger partial charge in [0.2, 0.25) is 0 Å². The van der Waals surface area contributed by atoms with E-state index in [1.165, 1.54) is 6.07 Å². The Balaban J connectivity index is 1.52. The van der Waals surface area contributed by atoms with E-state index in [9.17, 15) is 22.8 Å². The number of hydrogen-bond acceptors (Lipinski definition) is 3. The van der Waals surface area contributed by atoms with Gasteiger partial charge in [-0.05, 0) is 84.6 Å². The topological polar surface area (TPSA) is 91.4 Å². The maximum absolute atomic E-state index is 13.6. The Bertz CT molecular complexity index is 1480. The number of alkyl halides is 3. The predicted octanol–water partition coefficient (Wildman–Crippen LogP) is 6.89. The van der Waals surface area contributed by atoms with Gasteiger partial charge in [-0.2, -0.15) is 13.2 Å². The van der Waals surface area contributed by atoms with Crippen molar-refractivity contribution in [2.24, 2.45) is 0 Å². The number of ether oxygens (including phenoxy) is 1. The highest BCUT2D eigenvalue weighted by Crippen LogP contribution is 2.34. The predicted molar refractivity (Wildman–Crippen MR) is 133 cm³/mol. The largest absolute Gasteiger partial charge is 0.481 e. The van der Waals surface area contributed by atoms with E-state index in [4.69, 9.17) is 21.4 Å². The number of carboxylic acids is 1. The number of aromatic amines is 1. The molecular weight excluding hydrogens is 509 g/mol. The first-order valence-corrected chi connectivity index (χ1v) is 11.6. The molecule has 3 N–H and O–H groups in total. The molecule has 0 aliphatic carbocycles. The number of benzene rings is 3. The maximum atomic E-state index is 13.6. The molecule has 0 atom stereocenters. The Morgan fingerprint density at radius 1 is 1.03 bits per heavy atom. The van der Waals surface area contributed by atoms with Crippen LogP contribution in [-0.2, 0) is 23.9 Å². The SMILES string of the molecule is Cc1cc(Oc2cc(CNC(=O)c3cc4cc(Cl)ccc4[nH]3)cc(C(F)(F)F)c2)ccc1CCC(=O)O. The number of fused-ring (bicyclic) bond motifs is 1. The molecule has 0 saturated carbocycles. The van der Waals surface area contributed by atoms with Crippen molar-refractivity contribution in [3.63, 3.8) is 0 Å². The van der Waals surface area contributed by atoms with E-state index in [-0.39, 0.29) is 30.0 Å². The van der Waals surface area contributed by atoms with Crippen LogP contribution >= 0.6 is 11.6 Å². The lowest BCUT2D eigenvalue weighted by molar-refractivity contribution is -0.138. The molecular formula is C27H22ClF3N2O4. The van der Waals surface area contributed by atoms with E-state index in [1.807, 2.05) is 0 Å². The first-order valence-electron chi connectivity index (χ1n) is 11.2. The molecule has 4 aromatic rings. The Morgan fingerprint density at radius 3 is 2.51 bits per heavy atom. The van der Waals surface area contributed by atoms with E-state index in [0.717, 1.165) is 28.6 Å². The number of aryl methyl sites for hydroxylation is 2. The number of rotatable bonds is 8. The quantitative estimate of drug-likeness (QED) is 0.231. The van der Waals surface area contributed by atoms with E-state index in [2.05, 4.69) is 10.3 Å². The molecule has 192 valence electrons. The third-order valence-electron chi connectivity index (χ3n) is 5.73. The average molecular weight is 531 g/mol. The Hall–Kier alpha value is -3.98. The number of amides is 1. The van der Waals surface area contributed by atoms with Crippen molar-refractivity contribution in [3.05, 3.63) is 93.6 Å². The van der Waals surface area contributed by atoms with Crippen LogP contribution in [0.2, 0.25) is 5.02 Å². The molecule has 0 bridgehead atoms. The summed E-state index contributed by atoms with van der Waals surface area (Å²) >= 11 is 5.98. The van der Waals surface area contributed by atoms with Crippen LogP contribution in [0.3, 0.4) is 0 Å². The van der Waals surface area contributed by atoms with Crippen molar-refractivity contribution in [1.29, 1.82) is 0 Å². The van der Waals surface area contributed by atoms with Gasteiger partial charge >= 0.3 is 12.1 Å². The number of aliphatic carboxylic acids is 1. The molecule has 0 fully saturated rings. The zero-order chi connectivity index (χ0) is 26.7. The van der Waals surface area contributed by atoms with Crippen LogP contribution in [0.5, 0.6) is 11.5 Å². The van der Waals surface area contributed by atoms with Gasteiger partial charge in [0.1, 0.15) is 17.2 Å². The zero-order valence-electron chi connectivity index (χ0n) is 19.6. The van der Waals surface area contributed by atoms with Gasteiger partial charge in [0.15, 0.2) is 0 Å². The summed E-state index contributed by atoms with van der Waals surface area (Å²) in [7, 11) is 0. The molecule has 4 rings (SSSR count). The van der Waals surface area contributed by atoms with Crippen molar-refractivity contribution in [2.75, 3.05) is 0 Å². The lowest BCUT2D eigenvalue weighted by atomic mass is 10.0. The normalized spacial score (nSPS) is 11.5. The van der Waals surface area contributed by atoms with Crippen LogP contribution in [-0.4, -0.2) is 22.0 Å². The van der Waals surface area contributed by atoms with Crippen LogP contribution in [0, 0.1) is 6.92 Å². The molecule has 0 unspecified atom stereocenters. The van der Waals surface area contributed by atoms with E-state index < -0.39 is 23.6 Å². The number of carbonyl (C=O) groups excluding carboxylic acids is 1. The van der Waals surface area contributed by atoms with Crippen molar-refractivity contribution in [2.45, 2.75) is 32.5 Å². The minimum Gasteiger partial charge on any atom is -0.481 e. The summed E-state index contributed by atoms with van der Waals surface area (Å²) < 4.78 is 46.4. The van der Waals surface area contributed by atoms with Crippen LogP contribution < -0.4 is 10.1 Å². The molecule has 0 saturated heterocycles. The first-order chi connectivity index (χ1) is 17.5. The van der Waals surface area contributed by atoms with Gasteiger partial charge in [-0.3, -0.25) is 9.59 Å². The van der Waals surface area contributed by atoms with Crippen molar-refractivity contribution >= 4 is 34.4 Å². The monoisotopic (exact) mass is 530 g/mol. The number of H-pyrrole nitrogens is 1. The van der Waals surface area contributed by atoms with Gasteiger partial charge in [-0.1, -0.05) is 17.7 Å². The van der Waals surface area contributed by atoms with E-state index >= 15 is 0 Å². The third-order valence-corrected chi connectivity index (χ3v) is 5.97. The van der Waals surface area contributed by atoms with Crippen LogP contribution in [0.25, 0.3) is 10.9 Å². The van der Waals surface area contributed by atoms with Crippen LogP contribution in [0.1, 0.15) is 39.2 Å². The molecule has 1 heterocycles. The number of aromatic nitrogens is 1. The summed E-state index contributed by atoms with van der Waals surface area (Å²) in [6.07, 6.45) is -4.32. The lowest BCUT2D eigenvalue weighted by Gasteiger charge is -2.14. The Labute approximate surface area is 215 Å². The van der Waals surface area contributed by atoms with Gasteiger partial charge in [-0.25, -0.2) is 0 Å². The standard InChI is InChI=1S/C27H22ClF3N2O4/c1-15-8-21(5-2-17(15)3-7-25(34)35)37-22-10-16(9-19(13-22)27(29,30)31)14-32-26(36)24-12-18-11-20(28)4-6-23(18)33-24/h2,4-6,8-13,33H,3,7,14H2,1H3,(H,32,36)(H,34,35). The van der Waals surface area contributed by atoms with Crippen LogP contribution in [0.4, 0.5) is 13.2 Å². The number of nitrogens with one attached hydrogen (secondary N) is 2. The average Bonchev–Trinajstić information content (AvgIpc) is 3.24. The third kappa shape index (κ3) is 6.62. The second-order valence-electron chi connectivity index (χ2n) is 8.54. The fraction of sp³-hybridized carbons (Fsp3) is 0.185. The highest BCUT2D eigenvalue weighted by atomic mass is 35.5. The minimum atomic E-state index is -4.62. The fourth-order valence-electron chi connectivity index (χ4n) is 3.88.